The summed E-state index contributed by atoms with van der Waals surface area (Å²) in [4.78, 5) is 0. The molecule has 2 nitrogen and oxygen atoms in total. The van der Waals surface area contributed by atoms with Crippen LogP contribution in [0.1, 0.15) is 12.5 Å². The first-order chi connectivity index (χ1) is 6.11. The first kappa shape index (κ1) is 9.81. The van der Waals surface area contributed by atoms with E-state index >= 15 is 0 Å². The molecule has 70 valence electrons. The molecular formula is C11H15NO. The number of hydrogen-bond acceptors (Lipinski definition) is 2. The maximum absolute atomic E-state index is 6.02. The Morgan fingerprint density at radius 1 is 1.46 bits per heavy atom. The van der Waals surface area contributed by atoms with Gasteiger partial charge in [0.2, 0.25) is 0 Å². The zero-order valence-electron chi connectivity index (χ0n) is 8.08. The number of hydrogen-bond donors (Lipinski definition) is 1. The van der Waals surface area contributed by atoms with E-state index in [1.54, 1.807) is 13.2 Å². The lowest BCUT2D eigenvalue weighted by molar-refractivity contribution is 0.400. The number of nitrogens with two attached hydrogens (primary N) is 1. The van der Waals surface area contributed by atoms with E-state index in [0.29, 0.717) is 0 Å². The van der Waals surface area contributed by atoms with Crippen LogP contribution in [0.3, 0.4) is 0 Å². The highest BCUT2D eigenvalue weighted by atomic mass is 16.5. The van der Waals surface area contributed by atoms with Crippen molar-refractivity contribution < 1.29 is 4.74 Å². The smallest absolute Gasteiger partial charge is 0.124 e. The Morgan fingerprint density at radius 2 is 2.08 bits per heavy atom. The number of para-hydroxylation sites is 1. The van der Waals surface area contributed by atoms with Crippen molar-refractivity contribution in [2.45, 2.75) is 12.5 Å². The molecule has 0 aliphatic carbocycles. The summed E-state index contributed by atoms with van der Waals surface area (Å²) in [6, 6.07) is 7.69. The topological polar surface area (TPSA) is 35.2 Å². The van der Waals surface area contributed by atoms with Crippen LogP contribution in [0.25, 0.3) is 0 Å². The molecule has 2 N–H and O–H groups in total. The fourth-order valence-corrected chi connectivity index (χ4v) is 1.20. The van der Waals surface area contributed by atoms with Gasteiger partial charge in [0.1, 0.15) is 5.75 Å². The van der Waals surface area contributed by atoms with Gasteiger partial charge in [-0.15, -0.1) is 6.58 Å². The number of ether oxygens (including phenoxy) is 1. The lowest BCUT2D eigenvalue weighted by atomic mass is 9.93. The van der Waals surface area contributed by atoms with E-state index in [1.807, 2.05) is 31.2 Å². The molecule has 0 saturated carbocycles. The van der Waals surface area contributed by atoms with Gasteiger partial charge in [-0.25, -0.2) is 0 Å². The van der Waals surface area contributed by atoms with E-state index in [-0.39, 0.29) is 0 Å². The Bertz CT molecular complexity index is 305. The minimum Gasteiger partial charge on any atom is -0.496 e. The highest BCUT2D eigenvalue weighted by Crippen LogP contribution is 2.27. The van der Waals surface area contributed by atoms with Gasteiger partial charge in [-0.3, -0.25) is 0 Å². The molecule has 0 saturated heterocycles. The summed E-state index contributed by atoms with van der Waals surface area (Å²) >= 11 is 0. The molecule has 0 unspecified atom stereocenters. The minimum absolute atomic E-state index is 0.535. The summed E-state index contributed by atoms with van der Waals surface area (Å²) in [7, 11) is 1.64. The SMILES string of the molecule is C=C[C@](C)(N)c1ccccc1OC. The van der Waals surface area contributed by atoms with Crippen LogP contribution >= 0.6 is 0 Å². The molecule has 0 fully saturated rings. The van der Waals surface area contributed by atoms with Crippen LogP contribution in [0.15, 0.2) is 36.9 Å². The molecule has 1 rings (SSSR count). The third kappa shape index (κ3) is 1.90. The van der Waals surface area contributed by atoms with Gasteiger partial charge >= 0.3 is 0 Å². The summed E-state index contributed by atoms with van der Waals surface area (Å²) < 4.78 is 5.21. The van der Waals surface area contributed by atoms with E-state index < -0.39 is 5.54 Å². The van der Waals surface area contributed by atoms with Crippen LogP contribution in [0.2, 0.25) is 0 Å². The fraction of sp³-hybridized carbons (Fsp3) is 0.273. The highest BCUT2D eigenvalue weighted by molar-refractivity contribution is 5.40. The van der Waals surface area contributed by atoms with Crippen LogP contribution in [-0.2, 0) is 5.54 Å². The molecule has 0 aromatic heterocycles. The Hall–Kier alpha value is -1.28. The average molecular weight is 177 g/mol. The van der Waals surface area contributed by atoms with Crippen molar-refractivity contribution >= 4 is 0 Å². The summed E-state index contributed by atoms with van der Waals surface area (Å²) in [6.45, 7) is 5.60. The zero-order chi connectivity index (χ0) is 9.90. The van der Waals surface area contributed by atoms with Crippen LogP contribution < -0.4 is 10.5 Å². The quantitative estimate of drug-likeness (QED) is 0.717. The molecular weight excluding hydrogens is 162 g/mol. The molecule has 0 aliphatic rings. The van der Waals surface area contributed by atoms with E-state index in [1.165, 1.54) is 0 Å². The predicted octanol–water partition coefficient (Wildman–Crippen LogP) is 2.06. The van der Waals surface area contributed by atoms with Crippen LogP contribution in [0.4, 0.5) is 0 Å². The van der Waals surface area contributed by atoms with Gasteiger partial charge in [0.05, 0.1) is 12.6 Å². The first-order valence-electron chi connectivity index (χ1n) is 4.18. The molecule has 1 aromatic carbocycles. The maximum atomic E-state index is 6.02. The van der Waals surface area contributed by atoms with Crippen LogP contribution in [-0.4, -0.2) is 7.11 Å². The van der Waals surface area contributed by atoms with Gasteiger partial charge < -0.3 is 10.5 Å². The Kier molecular flexibility index (Phi) is 2.73. The fourth-order valence-electron chi connectivity index (χ4n) is 1.20. The summed E-state index contributed by atoms with van der Waals surface area (Å²) in [5.41, 5.74) is 6.43. The van der Waals surface area contributed by atoms with Crippen molar-refractivity contribution in [2.24, 2.45) is 5.73 Å². The molecule has 0 amide bonds. The van der Waals surface area contributed by atoms with E-state index in [9.17, 15) is 0 Å². The number of methoxy groups -OCH3 is 1. The molecule has 1 aromatic rings. The van der Waals surface area contributed by atoms with Crippen LogP contribution in [0.5, 0.6) is 5.75 Å². The summed E-state index contributed by atoms with van der Waals surface area (Å²) in [5.74, 6) is 0.799. The van der Waals surface area contributed by atoms with E-state index in [4.69, 9.17) is 10.5 Å². The average Bonchev–Trinajstić information content (AvgIpc) is 2.18. The third-order valence-electron chi connectivity index (χ3n) is 2.11. The van der Waals surface area contributed by atoms with Gasteiger partial charge in [0, 0.05) is 5.56 Å². The standard InChI is InChI=1S/C11H15NO/c1-4-11(2,12)9-7-5-6-8-10(9)13-3/h4-8H,1,12H2,2-3H3/t11-/m0/s1. The molecule has 1 atom stereocenters. The van der Waals surface area contributed by atoms with E-state index in [0.717, 1.165) is 11.3 Å². The Labute approximate surface area is 79.0 Å². The zero-order valence-corrected chi connectivity index (χ0v) is 8.08. The predicted molar refractivity (Wildman–Crippen MR) is 54.7 cm³/mol. The highest BCUT2D eigenvalue weighted by Gasteiger charge is 2.20. The second-order valence-electron chi connectivity index (χ2n) is 3.19. The van der Waals surface area contributed by atoms with Crippen molar-refractivity contribution in [3.8, 4) is 5.75 Å². The first-order valence-corrected chi connectivity index (χ1v) is 4.18. The summed E-state index contributed by atoms with van der Waals surface area (Å²) in [5, 5.41) is 0. The molecule has 0 heterocycles. The number of rotatable bonds is 3. The monoisotopic (exact) mass is 177 g/mol. The summed E-state index contributed by atoms with van der Waals surface area (Å²) in [6.07, 6.45) is 1.71. The number of benzene rings is 1. The van der Waals surface area contributed by atoms with Gasteiger partial charge in [-0.1, -0.05) is 24.3 Å². The van der Waals surface area contributed by atoms with Crippen molar-refractivity contribution in [1.29, 1.82) is 0 Å². The minimum atomic E-state index is -0.535. The lowest BCUT2D eigenvalue weighted by Gasteiger charge is -2.22. The lowest BCUT2D eigenvalue weighted by Crippen LogP contribution is -2.30. The molecule has 0 spiro atoms. The van der Waals surface area contributed by atoms with E-state index in [2.05, 4.69) is 6.58 Å². The molecule has 0 aliphatic heterocycles. The van der Waals surface area contributed by atoms with Gasteiger partial charge in [0.25, 0.3) is 0 Å². The molecule has 2 heteroatoms. The van der Waals surface area contributed by atoms with Gasteiger partial charge in [-0.05, 0) is 13.0 Å². The third-order valence-corrected chi connectivity index (χ3v) is 2.11. The second kappa shape index (κ2) is 3.62. The maximum Gasteiger partial charge on any atom is 0.124 e. The Balaban J connectivity index is 3.20. The van der Waals surface area contributed by atoms with Gasteiger partial charge in [0.15, 0.2) is 0 Å². The largest absolute Gasteiger partial charge is 0.496 e. The molecule has 13 heavy (non-hydrogen) atoms. The van der Waals surface area contributed by atoms with Crippen molar-refractivity contribution in [3.05, 3.63) is 42.5 Å². The van der Waals surface area contributed by atoms with Gasteiger partial charge in [-0.2, -0.15) is 0 Å². The molecule has 0 bridgehead atoms. The van der Waals surface area contributed by atoms with Crippen molar-refractivity contribution in [2.75, 3.05) is 7.11 Å². The second-order valence-corrected chi connectivity index (χ2v) is 3.19. The molecule has 0 radical (unpaired) electrons. The Morgan fingerprint density at radius 3 is 2.62 bits per heavy atom. The van der Waals surface area contributed by atoms with Crippen molar-refractivity contribution in [3.63, 3.8) is 0 Å². The van der Waals surface area contributed by atoms with Crippen LogP contribution in [0, 0.1) is 0 Å². The van der Waals surface area contributed by atoms with Crippen molar-refractivity contribution in [1.82, 2.24) is 0 Å². The normalized spacial score (nSPS) is 14.7.